The summed E-state index contributed by atoms with van der Waals surface area (Å²) in [4.78, 5) is 21.8. The highest BCUT2D eigenvalue weighted by molar-refractivity contribution is 5.82. The number of rotatable bonds is 7. The number of ether oxygens (including phenoxy) is 1. The van der Waals surface area contributed by atoms with E-state index in [0.29, 0.717) is 13.2 Å². The molecule has 0 radical (unpaired) electrons. The minimum atomic E-state index is -1.31. The molecular weight excluding hydrogens is 216 g/mol. The molecule has 7 nitrogen and oxygen atoms in total. The number of carbonyl (C=O) groups excluding carboxylic acids is 1. The summed E-state index contributed by atoms with van der Waals surface area (Å²) in [6.45, 7) is 4.31. The normalized spacial score (nSPS) is 13.9. The molecule has 0 saturated carbocycles. The van der Waals surface area contributed by atoms with Crippen LogP contribution in [0.2, 0.25) is 0 Å². The van der Waals surface area contributed by atoms with E-state index in [-0.39, 0.29) is 6.54 Å². The van der Waals surface area contributed by atoms with Crippen molar-refractivity contribution in [2.45, 2.75) is 26.0 Å². The fourth-order valence-electron chi connectivity index (χ4n) is 0.962. The molecule has 16 heavy (non-hydrogen) atoms. The maximum absolute atomic E-state index is 11.2. The molecule has 0 spiro atoms. The molecular formula is C9H18N2O5. The highest BCUT2D eigenvalue weighted by Gasteiger charge is 2.24. The monoisotopic (exact) mass is 234 g/mol. The maximum atomic E-state index is 11.2. The van der Waals surface area contributed by atoms with Crippen molar-refractivity contribution < 1.29 is 24.5 Å². The third-order valence-electron chi connectivity index (χ3n) is 1.77. The van der Waals surface area contributed by atoms with Gasteiger partial charge in [-0.1, -0.05) is 0 Å². The van der Waals surface area contributed by atoms with Crippen molar-refractivity contribution in [2.75, 3.05) is 19.8 Å². The van der Waals surface area contributed by atoms with Gasteiger partial charge in [-0.25, -0.2) is 9.59 Å². The SMILES string of the molecule is CCOCCNC(=O)NC(C(=O)O)C(C)O. The average Bonchev–Trinajstić information content (AvgIpc) is 2.20. The fraction of sp³-hybridized carbons (Fsp3) is 0.778. The average molecular weight is 234 g/mol. The molecule has 4 N–H and O–H groups in total. The Labute approximate surface area is 93.8 Å². The van der Waals surface area contributed by atoms with Crippen LogP contribution in [0, 0.1) is 0 Å². The van der Waals surface area contributed by atoms with E-state index in [1.54, 1.807) is 0 Å². The Hall–Kier alpha value is -1.34. The molecule has 94 valence electrons. The Bertz CT molecular complexity index is 232. The zero-order chi connectivity index (χ0) is 12.6. The fourth-order valence-corrected chi connectivity index (χ4v) is 0.962. The summed E-state index contributed by atoms with van der Waals surface area (Å²) in [6.07, 6.45) is -1.16. The van der Waals surface area contributed by atoms with Gasteiger partial charge >= 0.3 is 12.0 Å². The molecule has 0 aliphatic heterocycles. The molecule has 0 heterocycles. The van der Waals surface area contributed by atoms with Gasteiger partial charge in [0.25, 0.3) is 0 Å². The van der Waals surface area contributed by atoms with Crippen LogP contribution in [0.3, 0.4) is 0 Å². The molecule has 2 unspecified atom stereocenters. The van der Waals surface area contributed by atoms with E-state index in [1.807, 2.05) is 6.92 Å². The number of hydrogen-bond donors (Lipinski definition) is 4. The largest absolute Gasteiger partial charge is 0.480 e. The summed E-state index contributed by atoms with van der Waals surface area (Å²) >= 11 is 0. The number of urea groups is 1. The third kappa shape index (κ3) is 6.20. The first-order valence-electron chi connectivity index (χ1n) is 5.02. The van der Waals surface area contributed by atoms with Gasteiger partial charge in [0.2, 0.25) is 0 Å². The van der Waals surface area contributed by atoms with Gasteiger partial charge in [-0.05, 0) is 13.8 Å². The highest BCUT2D eigenvalue weighted by Crippen LogP contribution is 1.92. The predicted octanol–water partition coefficient (Wildman–Crippen LogP) is -0.844. The number of amides is 2. The summed E-state index contributed by atoms with van der Waals surface area (Å²) in [7, 11) is 0. The maximum Gasteiger partial charge on any atom is 0.328 e. The standard InChI is InChI=1S/C9H18N2O5/c1-3-16-5-4-10-9(15)11-7(6(2)12)8(13)14/h6-7,12H,3-5H2,1-2H3,(H,13,14)(H2,10,11,15). The molecule has 0 aliphatic rings. The van der Waals surface area contributed by atoms with Gasteiger partial charge in [-0.15, -0.1) is 0 Å². The van der Waals surface area contributed by atoms with Gasteiger partial charge in [0.1, 0.15) is 0 Å². The van der Waals surface area contributed by atoms with E-state index in [1.165, 1.54) is 6.92 Å². The number of carboxylic acid groups (broad SMARTS) is 1. The molecule has 7 heteroatoms. The van der Waals surface area contributed by atoms with Crippen molar-refractivity contribution in [3.05, 3.63) is 0 Å². The molecule has 0 bridgehead atoms. The van der Waals surface area contributed by atoms with Gasteiger partial charge in [-0.3, -0.25) is 0 Å². The second-order valence-corrected chi connectivity index (χ2v) is 3.15. The van der Waals surface area contributed by atoms with Crippen LogP contribution in [0.5, 0.6) is 0 Å². The van der Waals surface area contributed by atoms with Crippen molar-refractivity contribution in [2.24, 2.45) is 0 Å². The Morgan fingerprint density at radius 1 is 1.44 bits per heavy atom. The Kier molecular flexibility index (Phi) is 7.23. The van der Waals surface area contributed by atoms with Crippen molar-refractivity contribution >= 4 is 12.0 Å². The summed E-state index contributed by atoms with van der Waals surface area (Å²) in [5, 5.41) is 22.3. The first-order chi connectivity index (χ1) is 7.49. The van der Waals surface area contributed by atoms with Crippen LogP contribution in [0.1, 0.15) is 13.8 Å². The van der Waals surface area contributed by atoms with E-state index < -0.39 is 24.1 Å². The molecule has 0 aromatic rings. The zero-order valence-corrected chi connectivity index (χ0v) is 9.40. The predicted molar refractivity (Wildman–Crippen MR) is 56.1 cm³/mol. The molecule has 0 aliphatic carbocycles. The van der Waals surface area contributed by atoms with Crippen molar-refractivity contribution in [1.82, 2.24) is 10.6 Å². The molecule has 2 amide bonds. The van der Waals surface area contributed by atoms with E-state index in [2.05, 4.69) is 10.6 Å². The van der Waals surface area contributed by atoms with Crippen LogP contribution in [0.25, 0.3) is 0 Å². The zero-order valence-electron chi connectivity index (χ0n) is 9.40. The Morgan fingerprint density at radius 2 is 2.06 bits per heavy atom. The van der Waals surface area contributed by atoms with Crippen LogP contribution in [-0.4, -0.2) is 54.1 Å². The number of hydrogen-bond acceptors (Lipinski definition) is 4. The smallest absolute Gasteiger partial charge is 0.328 e. The lowest BCUT2D eigenvalue weighted by molar-refractivity contribution is -0.141. The summed E-state index contributed by atoms with van der Waals surface area (Å²) in [5.74, 6) is -1.28. The van der Waals surface area contributed by atoms with Gasteiger partial charge in [-0.2, -0.15) is 0 Å². The number of aliphatic carboxylic acids is 1. The van der Waals surface area contributed by atoms with Crippen molar-refractivity contribution in [1.29, 1.82) is 0 Å². The summed E-state index contributed by atoms with van der Waals surface area (Å²) < 4.78 is 4.98. The Morgan fingerprint density at radius 3 is 2.50 bits per heavy atom. The lowest BCUT2D eigenvalue weighted by Crippen LogP contribution is -2.51. The van der Waals surface area contributed by atoms with Crippen LogP contribution in [0.4, 0.5) is 4.79 Å². The summed E-state index contributed by atoms with van der Waals surface area (Å²) in [5.41, 5.74) is 0. The van der Waals surface area contributed by atoms with Crippen LogP contribution >= 0.6 is 0 Å². The van der Waals surface area contributed by atoms with Gasteiger partial charge in [0, 0.05) is 13.2 Å². The number of nitrogens with one attached hydrogen (secondary N) is 2. The molecule has 0 saturated heterocycles. The minimum absolute atomic E-state index is 0.284. The lowest BCUT2D eigenvalue weighted by Gasteiger charge is -2.17. The van der Waals surface area contributed by atoms with Crippen LogP contribution in [-0.2, 0) is 9.53 Å². The highest BCUT2D eigenvalue weighted by atomic mass is 16.5. The molecule has 0 fully saturated rings. The van der Waals surface area contributed by atoms with Crippen LogP contribution < -0.4 is 10.6 Å². The van der Waals surface area contributed by atoms with E-state index in [0.717, 1.165) is 0 Å². The quantitative estimate of drug-likeness (QED) is 0.429. The lowest BCUT2D eigenvalue weighted by atomic mass is 10.2. The first kappa shape index (κ1) is 14.7. The topological polar surface area (TPSA) is 108 Å². The minimum Gasteiger partial charge on any atom is -0.480 e. The van der Waals surface area contributed by atoms with Gasteiger partial charge in [0.05, 0.1) is 12.7 Å². The number of carboxylic acids is 1. The first-order valence-corrected chi connectivity index (χ1v) is 5.02. The van der Waals surface area contributed by atoms with E-state index in [9.17, 15) is 9.59 Å². The van der Waals surface area contributed by atoms with Crippen molar-refractivity contribution in [3.63, 3.8) is 0 Å². The molecule has 0 aromatic heterocycles. The second-order valence-electron chi connectivity index (χ2n) is 3.15. The van der Waals surface area contributed by atoms with Gasteiger partial charge < -0.3 is 25.6 Å². The van der Waals surface area contributed by atoms with E-state index in [4.69, 9.17) is 14.9 Å². The molecule has 2 atom stereocenters. The molecule has 0 aromatic carbocycles. The summed E-state index contributed by atoms with van der Waals surface area (Å²) in [6, 6.07) is -1.96. The van der Waals surface area contributed by atoms with E-state index >= 15 is 0 Å². The number of aliphatic hydroxyl groups excluding tert-OH is 1. The third-order valence-corrected chi connectivity index (χ3v) is 1.77. The molecule has 0 rings (SSSR count). The Balaban J connectivity index is 3.87. The number of carbonyl (C=O) groups is 2. The number of aliphatic hydroxyl groups is 1. The second kappa shape index (κ2) is 7.89. The van der Waals surface area contributed by atoms with Crippen LogP contribution in [0.15, 0.2) is 0 Å². The van der Waals surface area contributed by atoms with Gasteiger partial charge in [0.15, 0.2) is 6.04 Å². The van der Waals surface area contributed by atoms with Crippen molar-refractivity contribution in [3.8, 4) is 0 Å².